The minimum atomic E-state index is -0.302. The summed E-state index contributed by atoms with van der Waals surface area (Å²) in [5.41, 5.74) is 2.65. The number of carbonyl (C=O) groups excluding carboxylic acids is 1. The van der Waals surface area contributed by atoms with Gasteiger partial charge in [-0.15, -0.1) is 10.2 Å². The highest BCUT2D eigenvalue weighted by Crippen LogP contribution is 2.30. The third-order valence-corrected chi connectivity index (χ3v) is 5.85. The van der Waals surface area contributed by atoms with Crippen LogP contribution in [0.2, 0.25) is 0 Å². The van der Waals surface area contributed by atoms with E-state index in [4.69, 9.17) is 4.74 Å². The van der Waals surface area contributed by atoms with Crippen molar-refractivity contribution >= 4 is 28.4 Å². The Labute approximate surface area is 173 Å². The molecule has 4 aromatic rings. The highest BCUT2D eigenvalue weighted by Gasteiger charge is 2.23. The average molecular weight is 407 g/mol. The van der Waals surface area contributed by atoms with Crippen LogP contribution in [-0.4, -0.2) is 44.5 Å². The number of H-pyrrole nitrogens is 1. The summed E-state index contributed by atoms with van der Waals surface area (Å²) in [6.07, 6.45) is 1.79. The van der Waals surface area contributed by atoms with Gasteiger partial charge in [0.05, 0.1) is 18.4 Å². The molecule has 2 aromatic carbocycles. The Morgan fingerprint density at radius 2 is 1.90 bits per heavy atom. The van der Waals surface area contributed by atoms with Crippen molar-refractivity contribution in [3.63, 3.8) is 0 Å². The highest BCUT2D eigenvalue weighted by molar-refractivity contribution is 8.00. The number of thioether (sulfide) groups is 1. The van der Waals surface area contributed by atoms with E-state index in [1.165, 1.54) is 11.8 Å². The molecule has 0 bridgehead atoms. The number of para-hydroxylation sites is 1. The third-order valence-electron chi connectivity index (χ3n) is 4.77. The van der Waals surface area contributed by atoms with Crippen LogP contribution in [0.4, 0.5) is 0 Å². The molecule has 0 saturated heterocycles. The molecule has 7 heteroatoms. The first-order valence-electron chi connectivity index (χ1n) is 9.43. The van der Waals surface area contributed by atoms with Crippen molar-refractivity contribution in [3.05, 3.63) is 66.4 Å². The molecule has 0 amide bonds. The monoisotopic (exact) mass is 406 g/mol. The molecule has 0 aliphatic carbocycles. The first kappa shape index (κ1) is 19.4. The Hall–Kier alpha value is -2.90. The molecule has 0 saturated carbocycles. The number of fused-ring (bicyclic) bond motifs is 1. The number of nitrogens with zero attached hydrogens (tertiary/aromatic N) is 3. The van der Waals surface area contributed by atoms with Crippen molar-refractivity contribution in [2.75, 3.05) is 13.7 Å². The number of benzene rings is 2. The van der Waals surface area contributed by atoms with Crippen LogP contribution in [0, 0.1) is 0 Å². The maximum absolute atomic E-state index is 13.1. The van der Waals surface area contributed by atoms with Crippen LogP contribution < -0.4 is 0 Å². The minimum absolute atomic E-state index is 0.0648. The van der Waals surface area contributed by atoms with Gasteiger partial charge in [0.2, 0.25) is 0 Å². The van der Waals surface area contributed by atoms with Crippen molar-refractivity contribution in [1.82, 2.24) is 19.7 Å². The smallest absolute Gasteiger partial charge is 0.192 e. The van der Waals surface area contributed by atoms with Crippen LogP contribution in [-0.2, 0) is 11.3 Å². The fraction of sp³-hybridized carbons (Fsp3) is 0.227. The number of aromatic amines is 1. The minimum Gasteiger partial charge on any atom is -0.383 e. The van der Waals surface area contributed by atoms with Gasteiger partial charge in [0, 0.05) is 35.3 Å². The number of hydrogen-bond acceptors (Lipinski definition) is 5. The van der Waals surface area contributed by atoms with Crippen LogP contribution in [0.5, 0.6) is 0 Å². The van der Waals surface area contributed by atoms with Gasteiger partial charge in [-0.05, 0) is 13.0 Å². The molecular weight excluding hydrogens is 384 g/mol. The number of carbonyl (C=O) groups is 1. The summed E-state index contributed by atoms with van der Waals surface area (Å²) in [4.78, 5) is 16.3. The molecule has 0 spiro atoms. The topological polar surface area (TPSA) is 72.8 Å². The maximum Gasteiger partial charge on any atom is 0.192 e. The molecule has 6 nitrogen and oxygen atoms in total. The Balaban J connectivity index is 1.61. The summed E-state index contributed by atoms with van der Waals surface area (Å²) in [7, 11) is 1.67. The molecule has 2 heterocycles. The average Bonchev–Trinajstić information content (AvgIpc) is 3.36. The summed E-state index contributed by atoms with van der Waals surface area (Å²) in [6.45, 7) is 3.06. The first-order valence-corrected chi connectivity index (χ1v) is 10.3. The van der Waals surface area contributed by atoms with Gasteiger partial charge in [-0.2, -0.15) is 0 Å². The van der Waals surface area contributed by atoms with Crippen LogP contribution in [0.3, 0.4) is 0 Å². The number of Topliss-reactive ketones (excluding diaryl/α,β-unsaturated/α-hetero) is 1. The molecule has 148 valence electrons. The quantitative estimate of drug-likeness (QED) is 0.346. The second-order valence-corrected chi connectivity index (χ2v) is 8.00. The van der Waals surface area contributed by atoms with Crippen LogP contribution >= 0.6 is 11.8 Å². The number of ether oxygens (including phenoxy) is 1. The number of methoxy groups -OCH3 is 1. The standard InChI is InChI=1S/C22H22N4O2S/c1-15(20(27)18-14-23-19-11-7-6-10-17(18)19)29-22-25-24-21(26(22)12-13-28-2)16-8-4-3-5-9-16/h3-11,14-15,23H,12-13H2,1-2H3. The zero-order valence-electron chi connectivity index (χ0n) is 16.3. The van der Waals surface area contributed by atoms with Crippen LogP contribution in [0.15, 0.2) is 66.0 Å². The number of ketones is 1. The molecule has 29 heavy (non-hydrogen) atoms. The van der Waals surface area contributed by atoms with Crippen molar-refractivity contribution in [2.24, 2.45) is 0 Å². The van der Waals surface area contributed by atoms with E-state index < -0.39 is 0 Å². The van der Waals surface area contributed by atoms with Gasteiger partial charge in [-0.3, -0.25) is 9.36 Å². The van der Waals surface area contributed by atoms with E-state index in [2.05, 4.69) is 15.2 Å². The lowest BCUT2D eigenvalue weighted by Gasteiger charge is -2.12. The van der Waals surface area contributed by atoms with Crippen LogP contribution in [0.25, 0.3) is 22.3 Å². The summed E-state index contributed by atoms with van der Waals surface area (Å²) in [5, 5.41) is 10.1. The van der Waals surface area contributed by atoms with Gasteiger partial charge in [0.1, 0.15) is 0 Å². The van der Waals surface area contributed by atoms with Crippen LogP contribution in [0.1, 0.15) is 17.3 Å². The molecular formula is C22H22N4O2S. The molecule has 0 radical (unpaired) electrons. The Bertz CT molecular complexity index is 1120. The number of nitrogens with one attached hydrogen (secondary N) is 1. The lowest BCUT2D eigenvalue weighted by Crippen LogP contribution is -2.15. The normalized spacial score (nSPS) is 12.3. The lowest BCUT2D eigenvalue weighted by molar-refractivity contribution is 0.0995. The highest BCUT2D eigenvalue weighted by atomic mass is 32.2. The van der Waals surface area contributed by atoms with Crippen molar-refractivity contribution in [1.29, 1.82) is 0 Å². The molecule has 1 N–H and O–H groups in total. The zero-order valence-corrected chi connectivity index (χ0v) is 17.1. The van der Waals surface area contributed by atoms with Gasteiger partial charge in [0.15, 0.2) is 16.8 Å². The molecule has 0 fully saturated rings. The molecule has 1 unspecified atom stereocenters. The fourth-order valence-corrected chi connectivity index (χ4v) is 4.21. The molecule has 0 aliphatic heterocycles. The second-order valence-electron chi connectivity index (χ2n) is 6.69. The van der Waals surface area contributed by atoms with E-state index in [1.54, 1.807) is 13.3 Å². The fourth-order valence-electron chi connectivity index (χ4n) is 3.27. The van der Waals surface area contributed by atoms with Gasteiger partial charge in [-0.1, -0.05) is 60.3 Å². The SMILES string of the molecule is COCCn1c(SC(C)C(=O)c2c[nH]c3ccccc23)nnc1-c1ccccc1. The summed E-state index contributed by atoms with van der Waals surface area (Å²) >= 11 is 1.42. The molecule has 0 aliphatic rings. The van der Waals surface area contributed by atoms with E-state index >= 15 is 0 Å². The van der Waals surface area contributed by atoms with Gasteiger partial charge < -0.3 is 9.72 Å². The third kappa shape index (κ3) is 3.97. The lowest BCUT2D eigenvalue weighted by atomic mass is 10.1. The molecule has 4 rings (SSSR count). The maximum atomic E-state index is 13.1. The number of hydrogen-bond donors (Lipinski definition) is 1. The zero-order chi connectivity index (χ0) is 20.2. The Morgan fingerprint density at radius 1 is 1.14 bits per heavy atom. The molecule has 1 atom stereocenters. The van der Waals surface area contributed by atoms with E-state index in [9.17, 15) is 4.79 Å². The largest absolute Gasteiger partial charge is 0.383 e. The first-order chi connectivity index (χ1) is 14.2. The second kappa shape index (κ2) is 8.63. The van der Waals surface area contributed by atoms with E-state index in [-0.39, 0.29) is 11.0 Å². The van der Waals surface area contributed by atoms with Gasteiger partial charge >= 0.3 is 0 Å². The molecule has 2 aromatic heterocycles. The van der Waals surface area contributed by atoms with Crippen molar-refractivity contribution in [3.8, 4) is 11.4 Å². The predicted octanol–water partition coefficient (Wildman–Crippen LogP) is 4.44. The number of rotatable bonds is 8. The van der Waals surface area contributed by atoms with Gasteiger partial charge in [-0.25, -0.2) is 0 Å². The van der Waals surface area contributed by atoms with E-state index in [0.717, 1.165) is 22.3 Å². The van der Waals surface area contributed by atoms with E-state index in [0.29, 0.717) is 23.9 Å². The van der Waals surface area contributed by atoms with Crippen molar-refractivity contribution < 1.29 is 9.53 Å². The summed E-state index contributed by atoms with van der Waals surface area (Å²) in [5.74, 6) is 0.840. The Kier molecular flexibility index (Phi) is 5.78. The van der Waals surface area contributed by atoms with Crippen molar-refractivity contribution in [2.45, 2.75) is 23.9 Å². The summed E-state index contributed by atoms with van der Waals surface area (Å²) in [6, 6.07) is 17.7. The predicted molar refractivity (Wildman–Crippen MR) is 115 cm³/mol. The van der Waals surface area contributed by atoms with E-state index in [1.807, 2.05) is 66.1 Å². The Morgan fingerprint density at radius 3 is 2.69 bits per heavy atom. The summed E-state index contributed by atoms with van der Waals surface area (Å²) < 4.78 is 7.28. The number of aromatic nitrogens is 4. The van der Waals surface area contributed by atoms with Gasteiger partial charge in [0.25, 0.3) is 0 Å².